The Labute approximate surface area is 281 Å². The van der Waals surface area contributed by atoms with Crippen LogP contribution in [-0.4, -0.2) is 69.7 Å². The molecule has 0 amide bonds. The lowest BCUT2D eigenvalue weighted by Crippen LogP contribution is -2.46. The second-order valence-electron chi connectivity index (χ2n) is 11.7. The molecule has 13 heteroatoms. The van der Waals surface area contributed by atoms with Crippen molar-refractivity contribution in [3.8, 4) is 17.3 Å². The van der Waals surface area contributed by atoms with Crippen molar-refractivity contribution < 1.29 is 19.3 Å². The molecule has 2 N–H and O–H groups in total. The average molecular weight is 678 g/mol. The van der Waals surface area contributed by atoms with E-state index in [0.717, 1.165) is 43.3 Å². The molecule has 11 nitrogen and oxygen atoms in total. The molecule has 7 rings (SSSR count). The molecule has 47 heavy (non-hydrogen) atoms. The predicted molar refractivity (Wildman–Crippen MR) is 180 cm³/mol. The standard InChI is InChI=1S/C34H34Cl2N6O5/c1-23-32(43)42(33(44)38-23)27-5-3-25(4-6-27)40-14-16-41(17-15-40)26-7-9-28(10-8-26)45-19-29-20-46-34(47-29,21-39-13-12-37-22-39)30-11-2-24(35)18-31(30)36/h2-13,18,22,29,43H,14-17,19-21H2,1H3,(H,38,44)/t29-,34-/m1/s1. The normalized spacial score (nSPS) is 19.8. The lowest BCUT2D eigenvalue weighted by atomic mass is 10.1. The Morgan fingerprint density at radius 1 is 0.979 bits per heavy atom. The highest BCUT2D eigenvalue weighted by Crippen LogP contribution is 2.40. The first-order valence-corrected chi connectivity index (χ1v) is 16.1. The number of aromatic nitrogens is 4. The average Bonchev–Trinajstić information content (AvgIpc) is 3.80. The van der Waals surface area contributed by atoms with Crippen LogP contribution < -0.4 is 20.2 Å². The van der Waals surface area contributed by atoms with Crippen LogP contribution in [0, 0.1) is 6.92 Å². The zero-order chi connectivity index (χ0) is 32.5. The first-order chi connectivity index (χ1) is 22.8. The smallest absolute Gasteiger partial charge is 0.333 e. The second kappa shape index (κ2) is 13.0. The van der Waals surface area contributed by atoms with Crippen LogP contribution in [0.1, 0.15) is 11.3 Å². The highest BCUT2D eigenvalue weighted by Gasteiger charge is 2.45. The van der Waals surface area contributed by atoms with Crippen molar-refractivity contribution in [2.45, 2.75) is 25.4 Å². The first-order valence-electron chi connectivity index (χ1n) is 15.3. The van der Waals surface area contributed by atoms with E-state index < -0.39 is 5.79 Å². The molecule has 2 aliphatic heterocycles. The largest absolute Gasteiger partial charge is 0.493 e. The molecular formula is C34H34Cl2N6O5. The maximum absolute atomic E-state index is 12.2. The number of nitrogens with zero attached hydrogens (tertiary/aromatic N) is 5. The molecule has 3 aromatic carbocycles. The van der Waals surface area contributed by atoms with Crippen molar-refractivity contribution in [3.05, 3.63) is 117 Å². The van der Waals surface area contributed by atoms with Gasteiger partial charge in [-0.05, 0) is 67.6 Å². The Kier molecular flexibility index (Phi) is 8.63. The van der Waals surface area contributed by atoms with Gasteiger partial charge in [0.15, 0.2) is 0 Å². The van der Waals surface area contributed by atoms with Crippen LogP contribution in [0.5, 0.6) is 11.6 Å². The number of rotatable bonds is 9. The highest BCUT2D eigenvalue weighted by molar-refractivity contribution is 6.35. The van der Waals surface area contributed by atoms with Crippen LogP contribution in [0.25, 0.3) is 5.69 Å². The molecule has 2 atom stereocenters. The van der Waals surface area contributed by atoms with Crippen LogP contribution in [0.4, 0.5) is 11.4 Å². The van der Waals surface area contributed by atoms with Crippen molar-refractivity contribution in [1.82, 2.24) is 19.1 Å². The number of piperazine rings is 1. The van der Waals surface area contributed by atoms with Gasteiger partial charge in [-0.25, -0.2) is 14.3 Å². The molecule has 2 aromatic heterocycles. The van der Waals surface area contributed by atoms with Crippen molar-refractivity contribution in [2.75, 3.05) is 49.2 Å². The summed E-state index contributed by atoms with van der Waals surface area (Å²) in [6, 6.07) is 21.1. The van der Waals surface area contributed by atoms with Crippen LogP contribution >= 0.6 is 23.2 Å². The Morgan fingerprint density at radius 2 is 1.64 bits per heavy atom. The monoisotopic (exact) mass is 676 g/mol. The summed E-state index contributed by atoms with van der Waals surface area (Å²) >= 11 is 12.7. The zero-order valence-electron chi connectivity index (χ0n) is 25.7. The van der Waals surface area contributed by atoms with Crippen molar-refractivity contribution >= 4 is 34.6 Å². The van der Waals surface area contributed by atoms with Crippen molar-refractivity contribution in [2.24, 2.45) is 0 Å². The molecule has 0 aliphatic carbocycles. The number of imidazole rings is 2. The fourth-order valence-electron chi connectivity index (χ4n) is 6.13. The zero-order valence-corrected chi connectivity index (χ0v) is 27.2. The van der Waals surface area contributed by atoms with E-state index in [2.05, 4.69) is 31.9 Å². The molecule has 0 bridgehead atoms. The van der Waals surface area contributed by atoms with E-state index in [9.17, 15) is 9.90 Å². The van der Waals surface area contributed by atoms with E-state index >= 15 is 0 Å². The first kappa shape index (κ1) is 31.2. The van der Waals surface area contributed by atoms with E-state index in [1.807, 2.05) is 53.2 Å². The van der Waals surface area contributed by atoms with Gasteiger partial charge in [-0.1, -0.05) is 29.3 Å². The van der Waals surface area contributed by atoms with Crippen LogP contribution in [0.2, 0.25) is 10.0 Å². The molecule has 2 aliphatic rings. The molecular weight excluding hydrogens is 643 g/mol. The quantitative estimate of drug-likeness (QED) is 0.215. The summed E-state index contributed by atoms with van der Waals surface area (Å²) in [7, 11) is 0. The number of hydrogen-bond donors (Lipinski definition) is 2. The van der Waals surface area contributed by atoms with Gasteiger partial charge in [0.25, 0.3) is 0 Å². The summed E-state index contributed by atoms with van der Waals surface area (Å²) in [6.45, 7) is 6.11. The maximum atomic E-state index is 12.2. The maximum Gasteiger partial charge on any atom is 0.333 e. The molecule has 4 heterocycles. The van der Waals surface area contributed by atoms with Gasteiger partial charge < -0.3 is 38.7 Å². The van der Waals surface area contributed by atoms with Gasteiger partial charge >= 0.3 is 5.69 Å². The van der Waals surface area contributed by atoms with E-state index in [1.165, 1.54) is 4.57 Å². The fraction of sp³-hybridized carbons (Fsp3) is 0.294. The SMILES string of the molecule is Cc1[nH]c(=O)n(-c2ccc(N3CCN(c4ccc(OC[C@@H]5CO[C@@](Cn6ccnc6)(c6ccc(Cl)cc6Cl)O5)cc4)CC3)cc2)c1O. The number of aryl methyl sites for hydroxylation is 1. The topological polar surface area (TPSA) is 110 Å². The molecule has 0 saturated carbocycles. The van der Waals surface area contributed by atoms with Gasteiger partial charge in [0.1, 0.15) is 18.5 Å². The van der Waals surface area contributed by atoms with Crippen LogP contribution in [0.15, 0.2) is 90.2 Å². The Balaban J connectivity index is 0.936. The van der Waals surface area contributed by atoms with Crippen molar-refractivity contribution in [1.29, 1.82) is 0 Å². The molecule has 244 valence electrons. The summed E-state index contributed by atoms with van der Waals surface area (Å²) in [5, 5.41) is 11.2. The predicted octanol–water partition coefficient (Wildman–Crippen LogP) is 5.36. The highest BCUT2D eigenvalue weighted by atomic mass is 35.5. The molecule has 0 unspecified atom stereocenters. The number of hydrogen-bond acceptors (Lipinski definition) is 8. The Morgan fingerprint density at radius 3 is 2.23 bits per heavy atom. The van der Waals surface area contributed by atoms with Crippen LogP contribution in [-0.2, 0) is 21.8 Å². The molecule has 0 spiro atoms. The Bertz CT molecular complexity index is 1890. The number of H-pyrrole nitrogens is 1. The number of aromatic hydroxyl groups is 1. The van der Waals surface area contributed by atoms with Gasteiger partial charge in [0.2, 0.25) is 11.7 Å². The van der Waals surface area contributed by atoms with Gasteiger partial charge in [0.05, 0.1) is 35.9 Å². The third-order valence-corrected chi connectivity index (χ3v) is 9.13. The third-order valence-electron chi connectivity index (χ3n) is 8.59. The summed E-state index contributed by atoms with van der Waals surface area (Å²) in [4.78, 5) is 23.6. The Hall–Kier alpha value is -4.42. The second-order valence-corrected chi connectivity index (χ2v) is 12.5. The fourth-order valence-corrected chi connectivity index (χ4v) is 6.68. The van der Waals surface area contributed by atoms with E-state index in [1.54, 1.807) is 31.6 Å². The van der Waals surface area contributed by atoms with Gasteiger partial charge in [-0.3, -0.25) is 0 Å². The number of nitrogens with one attached hydrogen (secondary N) is 1. The number of halogens is 2. The van der Waals surface area contributed by atoms with Gasteiger partial charge in [-0.15, -0.1) is 0 Å². The number of ether oxygens (including phenoxy) is 3. The number of aromatic amines is 1. The lowest BCUT2D eigenvalue weighted by Gasteiger charge is -2.37. The van der Waals surface area contributed by atoms with Gasteiger partial charge in [-0.2, -0.15) is 0 Å². The molecule has 0 radical (unpaired) electrons. The minimum absolute atomic E-state index is 0.0724. The summed E-state index contributed by atoms with van der Waals surface area (Å²) in [5.41, 5.74) is 3.60. The van der Waals surface area contributed by atoms with Gasteiger partial charge in [0, 0.05) is 60.5 Å². The van der Waals surface area contributed by atoms with Crippen molar-refractivity contribution in [3.63, 3.8) is 0 Å². The summed E-state index contributed by atoms with van der Waals surface area (Å²) < 4.78 is 22.1. The number of anilines is 2. The molecule has 2 fully saturated rings. The molecule has 5 aromatic rings. The molecule has 2 saturated heterocycles. The summed E-state index contributed by atoms with van der Waals surface area (Å²) in [5.74, 6) is -0.429. The minimum atomic E-state index is -1.10. The summed E-state index contributed by atoms with van der Waals surface area (Å²) in [6.07, 6.45) is 4.96. The van der Waals surface area contributed by atoms with E-state index in [0.29, 0.717) is 46.7 Å². The van der Waals surface area contributed by atoms with Crippen LogP contribution in [0.3, 0.4) is 0 Å². The number of benzene rings is 3. The lowest BCUT2D eigenvalue weighted by molar-refractivity contribution is -0.189. The third kappa shape index (κ3) is 6.44. The minimum Gasteiger partial charge on any atom is -0.493 e. The van der Waals surface area contributed by atoms with E-state index in [-0.39, 0.29) is 17.7 Å². The van der Waals surface area contributed by atoms with E-state index in [4.69, 9.17) is 37.4 Å².